The second-order valence-electron chi connectivity index (χ2n) is 1.44. The third kappa shape index (κ3) is 1.84. The number of hydrazine groups is 1. The normalized spacial score (nSPS) is 11.2. The summed E-state index contributed by atoms with van der Waals surface area (Å²) in [5, 5.41) is 1.42. The third-order valence-electron chi connectivity index (χ3n) is 0.804. The smallest absolute Gasteiger partial charge is 0.198 e. The summed E-state index contributed by atoms with van der Waals surface area (Å²) in [5.74, 6) is 5.97. The Labute approximate surface area is 49.7 Å². The molecule has 0 bridgehead atoms. The predicted molar refractivity (Wildman–Crippen MR) is 32.7 cm³/mol. The quantitative estimate of drug-likeness (QED) is 0.320. The first-order chi connectivity index (χ1) is 3.72. The molecule has 0 heterocycles. The highest BCUT2D eigenvalue weighted by Crippen LogP contribution is 1.93. The van der Waals surface area contributed by atoms with Crippen molar-refractivity contribution in [3.63, 3.8) is 0 Å². The van der Waals surface area contributed by atoms with Crippen LogP contribution in [0, 0.1) is 0 Å². The van der Waals surface area contributed by atoms with Gasteiger partial charge in [-0.25, -0.2) is 5.84 Å². The van der Waals surface area contributed by atoms with E-state index < -0.39 is 0 Å². The van der Waals surface area contributed by atoms with Crippen LogP contribution in [0.3, 0.4) is 0 Å². The van der Waals surface area contributed by atoms with Gasteiger partial charge in [-0.3, -0.25) is 5.01 Å². The Morgan fingerprint density at radius 2 is 2.25 bits per heavy atom. The van der Waals surface area contributed by atoms with Crippen LogP contribution in [-0.4, -0.2) is 19.2 Å². The zero-order chi connectivity index (χ0) is 6.57. The topological polar surface area (TPSA) is 38.5 Å². The van der Waals surface area contributed by atoms with Crippen molar-refractivity contribution in [2.45, 2.75) is 6.92 Å². The summed E-state index contributed by atoms with van der Waals surface area (Å²) in [6, 6.07) is 0. The molecule has 0 unspecified atom stereocenters. The van der Waals surface area contributed by atoms with Crippen LogP contribution in [0.5, 0.6) is 0 Å². The maximum Gasteiger partial charge on any atom is 0.198 e. The van der Waals surface area contributed by atoms with Crippen molar-refractivity contribution in [1.82, 2.24) is 5.01 Å². The van der Waals surface area contributed by atoms with Gasteiger partial charge >= 0.3 is 0 Å². The van der Waals surface area contributed by atoms with Gasteiger partial charge in [0.05, 0.1) is 7.11 Å². The van der Waals surface area contributed by atoms with Gasteiger partial charge in [0, 0.05) is 7.05 Å². The third-order valence-corrected chi connectivity index (χ3v) is 0.804. The van der Waals surface area contributed by atoms with E-state index in [-0.39, 0.29) is 0 Å². The lowest BCUT2D eigenvalue weighted by atomic mass is 10.6. The van der Waals surface area contributed by atoms with Crippen LogP contribution in [-0.2, 0) is 4.74 Å². The molecule has 0 aromatic carbocycles. The fraction of sp³-hybridized carbons (Fsp3) is 0.600. The average molecular weight is 116 g/mol. The van der Waals surface area contributed by atoms with E-state index in [1.54, 1.807) is 20.2 Å². The first kappa shape index (κ1) is 7.30. The molecule has 0 rings (SSSR count). The average Bonchev–Trinajstić information content (AvgIpc) is 1.69. The number of rotatable bonds is 2. The largest absolute Gasteiger partial charge is 0.482 e. The Hall–Kier alpha value is -0.700. The van der Waals surface area contributed by atoms with Gasteiger partial charge in [0.2, 0.25) is 0 Å². The standard InChI is InChI=1S/C5H12N2O/c1-4-5(8-3)7(2)6/h4H,6H2,1-3H3/b5-4-. The Morgan fingerprint density at radius 1 is 1.75 bits per heavy atom. The second-order valence-corrected chi connectivity index (χ2v) is 1.44. The predicted octanol–water partition coefficient (Wildman–Crippen LogP) is 0.300. The van der Waals surface area contributed by atoms with Crippen molar-refractivity contribution in [2.24, 2.45) is 5.84 Å². The van der Waals surface area contributed by atoms with Crippen molar-refractivity contribution in [1.29, 1.82) is 0 Å². The van der Waals surface area contributed by atoms with E-state index in [1.807, 2.05) is 6.92 Å². The molecular weight excluding hydrogens is 104 g/mol. The lowest BCUT2D eigenvalue weighted by Crippen LogP contribution is -2.25. The van der Waals surface area contributed by atoms with Crippen LogP contribution in [0.25, 0.3) is 0 Å². The molecule has 0 amide bonds. The molecule has 0 aromatic heterocycles. The SMILES string of the molecule is C/C=C(\OC)N(C)N. The van der Waals surface area contributed by atoms with E-state index in [0.29, 0.717) is 5.88 Å². The van der Waals surface area contributed by atoms with Crippen LogP contribution in [0.4, 0.5) is 0 Å². The van der Waals surface area contributed by atoms with Gasteiger partial charge in [-0.2, -0.15) is 0 Å². The molecule has 0 aromatic rings. The minimum Gasteiger partial charge on any atom is -0.482 e. The summed E-state index contributed by atoms with van der Waals surface area (Å²) in [4.78, 5) is 0. The lowest BCUT2D eigenvalue weighted by molar-refractivity contribution is 0.175. The Bertz CT molecular complexity index is 88.4. The summed E-state index contributed by atoms with van der Waals surface area (Å²) < 4.78 is 4.82. The van der Waals surface area contributed by atoms with Gasteiger partial charge in [-0.05, 0) is 13.0 Å². The van der Waals surface area contributed by atoms with Gasteiger partial charge in [-0.15, -0.1) is 0 Å². The monoisotopic (exact) mass is 116 g/mol. The first-order valence-corrected chi connectivity index (χ1v) is 2.41. The van der Waals surface area contributed by atoms with Crippen molar-refractivity contribution in [3.05, 3.63) is 12.0 Å². The number of nitrogens with two attached hydrogens (primary N) is 1. The highest BCUT2D eigenvalue weighted by Gasteiger charge is 1.92. The van der Waals surface area contributed by atoms with E-state index in [1.165, 1.54) is 5.01 Å². The second kappa shape index (κ2) is 3.32. The van der Waals surface area contributed by atoms with E-state index in [4.69, 9.17) is 10.6 Å². The molecule has 3 heteroatoms. The number of hydrogen-bond donors (Lipinski definition) is 1. The van der Waals surface area contributed by atoms with Crippen molar-refractivity contribution in [3.8, 4) is 0 Å². The van der Waals surface area contributed by atoms with Gasteiger partial charge in [0.25, 0.3) is 0 Å². The summed E-state index contributed by atoms with van der Waals surface area (Å²) in [6.07, 6.45) is 1.79. The number of hydrogen-bond acceptors (Lipinski definition) is 3. The molecule has 0 aliphatic carbocycles. The van der Waals surface area contributed by atoms with Gasteiger partial charge < -0.3 is 4.74 Å². The van der Waals surface area contributed by atoms with Gasteiger partial charge in [0.1, 0.15) is 0 Å². The summed E-state index contributed by atoms with van der Waals surface area (Å²) in [7, 11) is 3.30. The lowest BCUT2D eigenvalue weighted by Gasteiger charge is -2.13. The molecule has 48 valence electrons. The van der Waals surface area contributed by atoms with E-state index >= 15 is 0 Å². The molecule has 0 spiro atoms. The van der Waals surface area contributed by atoms with E-state index in [9.17, 15) is 0 Å². The van der Waals surface area contributed by atoms with E-state index in [2.05, 4.69) is 0 Å². The number of allylic oxidation sites excluding steroid dienone is 1. The molecule has 3 nitrogen and oxygen atoms in total. The summed E-state index contributed by atoms with van der Waals surface area (Å²) in [6.45, 7) is 1.86. The molecule has 0 aliphatic heterocycles. The van der Waals surface area contributed by atoms with Crippen LogP contribution < -0.4 is 5.84 Å². The Kier molecular flexibility index (Phi) is 3.03. The maximum atomic E-state index is 5.30. The Morgan fingerprint density at radius 3 is 2.25 bits per heavy atom. The minimum absolute atomic E-state index is 0.671. The fourth-order valence-electron chi connectivity index (χ4n) is 0.465. The van der Waals surface area contributed by atoms with E-state index in [0.717, 1.165) is 0 Å². The molecule has 0 saturated carbocycles. The molecule has 0 atom stereocenters. The maximum absolute atomic E-state index is 5.30. The van der Waals surface area contributed by atoms with Crippen LogP contribution in [0.15, 0.2) is 12.0 Å². The molecular formula is C5H12N2O. The molecule has 0 radical (unpaired) electrons. The molecule has 0 fully saturated rings. The van der Waals surface area contributed by atoms with Gasteiger partial charge in [0.15, 0.2) is 5.88 Å². The molecule has 0 aliphatic rings. The summed E-state index contributed by atoms with van der Waals surface area (Å²) >= 11 is 0. The van der Waals surface area contributed by atoms with Crippen LogP contribution in [0.2, 0.25) is 0 Å². The zero-order valence-corrected chi connectivity index (χ0v) is 5.51. The highest BCUT2D eigenvalue weighted by atomic mass is 16.5. The minimum atomic E-state index is 0.671. The van der Waals surface area contributed by atoms with Crippen LogP contribution in [0.1, 0.15) is 6.92 Å². The summed E-state index contributed by atoms with van der Waals surface area (Å²) in [5.41, 5.74) is 0. The number of nitrogens with zero attached hydrogens (tertiary/aromatic N) is 1. The van der Waals surface area contributed by atoms with Crippen molar-refractivity contribution >= 4 is 0 Å². The van der Waals surface area contributed by atoms with Crippen molar-refractivity contribution < 1.29 is 4.74 Å². The molecule has 2 N–H and O–H groups in total. The van der Waals surface area contributed by atoms with Gasteiger partial charge in [-0.1, -0.05) is 0 Å². The Balaban J connectivity index is 3.72. The molecule has 0 saturated heterocycles. The number of methoxy groups -OCH3 is 1. The van der Waals surface area contributed by atoms with Crippen molar-refractivity contribution in [2.75, 3.05) is 14.2 Å². The zero-order valence-electron chi connectivity index (χ0n) is 5.51. The fourth-order valence-corrected chi connectivity index (χ4v) is 0.465. The molecule has 8 heavy (non-hydrogen) atoms. The highest BCUT2D eigenvalue weighted by molar-refractivity contribution is 4.84. The number of ether oxygens (including phenoxy) is 1. The first-order valence-electron chi connectivity index (χ1n) is 2.41. The van der Waals surface area contributed by atoms with Crippen LogP contribution >= 0.6 is 0 Å².